The third-order valence-electron chi connectivity index (χ3n) is 1.95. The van der Waals surface area contributed by atoms with Gasteiger partial charge in [0.2, 0.25) is 0 Å². The van der Waals surface area contributed by atoms with E-state index in [2.05, 4.69) is 0 Å². The SMILES string of the molecule is CC(C)(C)C(F)c1ccc(O)cc1. The van der Waals surface area contributed by atoms with Crippen LogP contribution in [0.15, 0.2) is 24.3 Å². The summed E-state index contributed by atoms with van der Waals surface area (Å²) >= 11 is 0. The fourth-order valence-electron chi connectivity index (χ4n) is 1.14. The molecule has 1 aromatic carbocycles. The Labute approximate surface area is 78.2 Å². The van der Waals surface area contributed by atoms with Crippen LogP contribution in [0.1, 0.15) is 32.5 Å². The summed E-state index contributed by atoms with van der Waals surface area (Å²) in [4.78, 5) is 0. The largest absolute Gasteiger partial charge is 0.508 e. The van der Waals surface area contributed by atoms with Gasteiger partial charge in [0.15, 0.2) is 0 Å². The number of rotatable bonds is 1. The first-order valence-corrected chi connectivity index (χ1v) is 4.34. The van der Waals surface area contributed by atoms with Crippen molar-refractivity contribution in [3.8, 4) is 5.75 Å². The molecule has 2 heteroatoms. The summed E-state index contributed by atoms with van der Waals surface area (Å²) in [7, 11) is 0. The van der Waals surface area contributed by atoms with Crippen molar-refractivity contribution in [3.05, 3.63) is 29.8 Å². The van der Waals surface area contributed by atoms with Crippen LogP contribution in [0.5, 0.6) is 5.75 Å². The van der Waals surface area contributed by atoms with Crippen molar-refractivity contribution in [1.82, 2.24) is 0 Å². The average Bonchev–Trinajstić information content (AvgIpc) is 2.03. The van der Waals surface area contributed by atoms with Crippen molar-refractivity contribution in [2.75, 3.05) is 0 Å². The monoisotopic (exact) mass is 182 g/mol. The molecule has 0 spiro atoms. The summed E-state index contributed by atoms with van der Waals surface area (Å²) in [6.45, 7) is 5.56. The van der Waals surface area contributed by atoms with Gasteiger partial charge in [0.25, 0.3) is 0 Å². The predicted octanol–water partition coefficient (Wildman–Crippen LogP) is 3.45. The Kier molecular flexibility index (Phi) is 2.60. The van der Waals surface area contributed by atoms with Crippen LogP contribution in [0.4, 0.5) is 4.39 Å². The highest BCUT2D eigenvalue weighted by Crippen LogP contribution is 2.36. The zero-order valence-corrected chi connectivity index (χ0v) is 8.21. The maximum Gasteiger partial charge on any atom is 0.130 e. The Morgan fingerprint density at radius 3 is 2.00 bits per heavy atom. The molecule has 1 nitrogen and oxygen atoms in total. The Morgan fingerprint density at radius 2 is 1.62 bits per heavy atom. The van der Waals surface area contributed by atoms with Crippen molar-refractivity contribution < 1.29 is 9.50 Å². The second kappa shape index (κ2) is 3.36. The first-order chi connectivity index (χ1) is 5.91. The van der Waals surface area contributed by atoms with Gasteiger partial charge in [0.05, 0.1) is 0 Å². The summed E-state index contributed by atoms with van der Waals surface area (Å²) < 4.78 is 13.7. The summed E-state index contributed by atoms with van der Waals surface area (Å²) in [5.41, 5.74) is 0.224. The van der Waals surface area contributed by atoms with E-state index in [0.29, 0.717) is 5.56 Å². The van der Waals surface area contributed by atoms with Crippen LogP contribution in [0.25, 0.3) is 0 Å². The standard InChI is InChI=1S/C11H15FO/c1-11(2,3)10(12)8-4-6-9(13)7-5-8/h4-7,10,13H,1-3H3. The lowest BCUT2D eigenvalue weighted by molar-refractivity contribution is 0.165. The molecule has 0 radical (unpaired) electrons. The Balaban J connectivity index is 2.90. The minimum atomic E-state index is -0.992. The molecule has 0 aliphatic rings. The van der Waals surface area contributed by atoms with E-state index in [0.717, 1.165) is 0 Å². The Morgan fingerprint density at radius 1 is 1.15 bits per heavy atom. The third kappa shape index (κ3) is 2.44. The van der Waals surface area contributed by atoms with Crippen molar-refractivity contribution in [2.45, 2.75) is 26.9 Å². The van der Waals surface area contributed by atoms with Crippen LogP contribution in [0.3, 0.4) is 0 Å². The Bertz CT molecular complexity index is 271. The number of benzene rings is 1. The highest BCUT2D eigenvalue weighted by molar-refractivity contribution is 5.28. The van der Waals surface area contributed by atoms with Crippen molar-refractivity contribution >= 4 is 0 Å². The predicted molar refractivity (Wildman–Crippen MR) is 51.4 cm³/mol. The molecule has 0 aromatic heterocycles. The van der Waals surface area contributed by atoms with Gasteiger partial charge in [-0.3, -0.25) is 0 Å². The molecule has 13 heavy (non-hydrogen) atoms. The van der Waals surface area contributed by atoms with Gasteiger partial charge in [-0.05, 0) is 23.1 Å². The second-order valence-corrected chi connectivity index (χ2v) is 4.32. The minimum absolute atomic E-state index is 0.171. The molecular formula is C11H15FO. The first-order valence-electron chi connectivity index (χ1n) is 4.34. The smallest absolute Gasteiger partial charge is 0.130 e. The molecule has 1 atom stereocenters. The molecule has 0 heterocycles. The van der Waals surface area contributed by atoms with Gasteiger partial charge in [-0.15, -0.1) is 0 Å². The molecule has 0 saturated heterocycles. The molecule has 1 N–H and O–H groups in total. The van der Waals surface area contributed by atoms with Crippen molar-refractivity contribution in [1.29, 1.82) is 0 Å². The minimum Gasteiger partial charge on any atom is -0.508 e. The van der Waals surface area contributed by atoms with E-state index < -0.39 is 11.6 Å². The highest BCUT2D eigenvalue weighted by atomic mass is 19.1. The number of hydrogen-bond acceptors (Lipinski definition) is 1. The van der Waals surface area contributed by atoms with Crippen LogP contribution < -0.4 is 0 Å². The fourth-order valence-corrected chi connectivity index (χ4v) is 1.14. The average molecular weight is 182 g/mol. The van der Waals surface area contributed by atoms with Gasteiger partial charge in [-0.25, -0.2) is 4.39 Å². The van der Waals surface area contributed by atoms with Crippen LogP contribution in [0.2, 0.25) is 0 Å². The normalized spacial score (nSPS) is 14.2. The molecule has 0 aliphatic carbocycles. The fraction of sp³-hybridized carbons (Fsp3) is 0.455. The number of phenolic OH excluding ortho intramolecular Hbond substituents is 1. The summed E-state index contributed by atoms with van der Waals surface area (Å²) in [5.74, 6) is 0.171. The maximum absolute atomic E-state index is 13.7. The van der Waals surface area contributed by atoms with E-state index in [4.69, 9.17) is 5.11 Å². The number of alkyl halides is 1. The molecule has 1 rings (SSSR count). The quantitative estimate of drug-likeness (QED) is 0.705. The molecule has 0 fully saturated rings. The zero-order valence-electron chi connectivity index (χ0n) is 8.21. The molecule has 0 saturated carbocycles. The van der Waals surface area contributed by atoms with Crippen LogP contribution >= 0.6 is 0 Å². The third-order valence-corrected chi connectivity index (χ3v) is 1.95. The van der Waals surface area contributed by atoms with Gasteiger partial charge in [-0.1, -0.05) is 32.9 Å². The highest BCUT2D eigenvalue weighted by Gasteiger charge is 2.25. The maximum atomic E-state index is 13.7. The van der Waals surface area contributed by atoms with Gasteiger partial charge < -0.3 is 5.11 Å². The van der Waals surface area contributed by atoms with E-state index in [1.165, 1.54) is 12.1 Å². The molecule has 1 aromatic rings. The molecule has 0 aliphatic heterocycles. The lowest BCUT2D eigenvalue weighted by atomic mass is 9.86. The summed E-state index contributed by atoms with van der Waals surface area (Å²) in [5, 5.41) is 9.02. The summed E-state index contributed by atoms with van der Waals surface area (Å²) in [6, 6.07) is 6.25. The molecule has 0 bridgehead atoms. The topological polar surface area (TPSA) is 20.2 Å². The molecule has 72 valence electrons. The molecule has 0 amide bonds. The molecule has 1 unspecified atom stereocenters. The van der Waals surface area contributed by atoms with Crippen molar-refractivity contribution in [2.24, 2.45) is 5.41 Å². The van der Waals surface area contributed by atoms with Crippen molar-refractivity contribution in [3.63, 3.8) is 0 Å². The van der Waals surface area contributed by atoms with Gasteiger partial charge in [0.1, 0.15) is 11.9 Å². The second-order valence-electron chi connectivity index (χ2n) is 4.32. The van der Waals surface area contributed by atoms with E-state index in [1.807, 2.05) is 20.8 Å². The first kappa shape index (κ1) is 10.0. The number of aromatic hydroxyl groups is 1. The van der Waals surface area contributed by atoms with E-state index in [9.17, 15) is 4.39 Å². The van der Waals surface area contributed by atoms with Gasteiger partial charge in [-0.2, -0.15) is 0 Å². The van der Waals surface area contributed by atoms with Crippen LogP contribution in [-0.2, 0) is 0 Å². The van der Waals surface area contributed by atoms with E-state index in [-0.39, 0.29) is 5.75 Å². The number of hydrogen-bond donors (Lipinski definition) is 1. The van der Waals surface area contributed by atoms with Gasteiger partial charge in [0, 0.05) is 0 Å². The molecular weight excluding hydrogens is 167 g/mol. The van der Waals surface area contributed by atoms with Crippen LogP contribution in [-0.4, -0.2) is 5.11 Å². The van der Waals surface area contributed by atoms with Crippen LogP contribution in [0, 0.1) is 5.41 Å². The zero-order chi connectivity index (χ0) is 10.1. The van der Waals surface area contributed by atoms with E-state index in [1.54, 1.807) is 12.1 Å². The number of phenols is 1. The number of halogens is 1. The van der Waals surface area contributed by atoms with Gasteiger partial charge >= 0.3 is 0 Å². The summed E-state index contributed by atoms with van der Waals surface area (Å²) in [6.07, 6.45) is -0.992. The Hall–Kier alpha value is -1.05. The lowest BCUT2D eigenvalue weighted by Crippen LogP contribution is -2.13. The lowest BCUT2D eigenvalue weighted by Gasteiger charge is -2.23. The van der Waals surface area contributed by atoms with E-state index >= 15 is 0 Å².